The highest BCUT2D eigenvalue weighted by Gasteiger charge is 2.17. The third-order valence-corrected chi connectivity index (χ3v) is 3.82. The van der Waals surface area contributed by atoms with Gasteiger partial charge in [-0.15, -0.1) is 11.6 Å². The average Bonchev–Trinajstić information content (AvgIpc) is 2.81. The number of fused-ring (bicyclic) bond motifs is 1. The van der Waals surface area contributed by atoms with Crippen molar-refractivity contribution in [3.8, 4) is 0 Å². The van der Waals surface area contributed by atoms with Gasteiger partial charge in [-0.05, 0) is 17.4 Å². The summed E-state index contributed by atoms with van der Waals surface area (Å²) in [4.78, 5) is 4.40. The van der Waals surface area contributed by atoms with E-state index in [9.17, 15) is 0 Å². The van der Waals surface area contributed by atoms with Crippen molar-refractivity contribution in [2.45, 2.75) is 33.6 Å². The van der Waals surface area contributed by atoms with E-state index in [0.29, 0.717) is 11.8 Å². The summed E-state index contributed by atoms with van der Waals surface area (Å²) in [6.07, 6.45) is 3.64. The molecule has 0 radical (unpaired) electrons. The predicted octanol–water partition coefficient (Wildman–Crippen LogP) is 3.53. The van der Waals surface area contributed by atoms with Crippen molar-refractivity contribution in [3.63, 3.8) is 0 Å². The summed E-state index contributed by atoms with van der Waals surface area (Å²) in [5.41, 5.74) is 2.13. The van der Waals surface area contributed by atoms with E-state index < -0.39 is 0 Å². The minimum atomic E-state index is 0.0387. The fourth-order valence-corrected chi connectivity index (χ4v) is 1.82. The van der Waals surface area contributed by atoms with Crippen LogP contribution < -0.4 is 5.32 Å². The number of halogens is 1. The first-order valence-electron chi connectivity index (χ1n) is 6.57. The molecule has 2 heterocycles. The Morgan fingerprint density at radius 3 is 2.79 bits per heavy atom. The fraction of sp³-hybridized carbons (Fsp3) is 0.571. The third kappa shape index (κ3) is 3.18. The molecule has 0 aliphatic rings. The lowest BCUT2D eigenvalue weighted by molar-refractivity contribution is 0.450. The van der Waals surface area contributed by atoms with Crippen LogP contribution in [0.15, 0.2) is 18.5 Å². The Balaban J connectivity index is 2.28. The van der Waals surface area contributed by atoms with Gasteiger partial charge in [0.05, 0.1) is 5.69 Å². The minimum Gasteiger partial charge on any atom is -0.368 e. The molecule has 0 fully saturated rings. The van der Waals surface area contributed by atoms with Crippen LogP contribution in [0.1, 0.15) is 39.3 Å². The zero-order valence-corrected chi connectivity index (χ0v) is 12.7. The number of nitrogens with one attached hydrogen (secondary N) is 1. The van der Waals surface area contributed by atoms with Crippen LogP contribution in [0.5, 0.6) is 0 Å². The second-order valence-corrected chi connectivity index (χ2v) is 6.25. The molecule has 2 aromatic rings. The summed E-state index contributed by atoms with van der Waals surface area (Å²) >= 11 is 5.95. The molecule has 5 heteroatoms. The van der Waals surface area contributed by atoms with Crippen LogP contribution in [0.2, 0.25) is 0 Å². The fourth-order valence-electron chi connectivity index (χ4n) is 1.73. The molecule has 4 nitrogen and oxygen atoms in total. The number of aromatic nitrogens is 3. The Kier molecular flexibility index (Phi) is 3.99. The van der Waals surface area contributed by atoms with Crippen molar-refractivity contribution in [2.75, 3.05) is 17.7 Å². The highest BCUT2D eigenvalue weighted by molar-refractivity contribution is 6.18. The first-order chi connectivity index (χ1) is 8.93. The third-order valence-electron chi connectivity index (χ3n) is 3.10. The van der Waals surface area contributed by atoms with Crippen molar-refractivity contribution in [1.82, 2.24) is 14.6 Å². The Morgan fingerprint density at radius 2 is 2.16 bits per heavy atom. The van der Waals surface area contributed by atoms with E-state index in [1.54, 1.807) is 6.20 Å². The van der Waals surface area contributed by atoms with Crippen molar-refractivity contribution in [2.24, 2.45) is 5.41 Å². The van der Waals surface area contributed by atoms with E-state index >= 15 is 0 Å². The molecule has 0 bridgehead atoms. The highest BCUT2D eigenvalue weighted by Crippen LogP contribution is 2.22. The lowest BCUT2D eigenvalue weighted by atomic mass is 9.97. The van der Waals surface area contributed by atoms with Gasteiger partial charge in [-0.3, -0.25) is 0 Å². The Bertz CT molecular complexity index is 560. The number of hydrogen-bond acceptors (Lipinski definition) is 3. The summed E-state index contributed by atoms with van der Waals surface area (Å²) in [7, 11) is 0. The molecule has 2 aromatic heterocycles. The van der Waals surface area contributed by atoms with Gasteiger partial charge in [-0.2, -0.15) is 5.10 Å². The zero-order valence-electron chi connectivity index (χ0n) is 11.9. The molecule has 0 atom stereocenters. The zero-order chi connectivity index (χ0) is 14.0. The van der Waals surface area contributed by atoms with Crippen LogP contribution in [0.25, 0.3) is 5.52 Å². The first kappa shape index (κ1) is 14.1. The molecule has 104 valence electrons. The number of nitrogens with zero attached hydrogens (tertiary/aromatic N) is 3. The molecule has 0 amide bonds. The van der Waals surface area contributed by atoms with Gasteiger partial charge in [0.2, 0.25) is 0 Å². The molecule has 0 saturated heterocycles. The molecule has 19 heavy (non-hydrogen) atoms. The van der Waals surface area contributed by atoms with E-state index in [4.69, 9.17) is 11.6 Å². The Morgan fingerprint density at radius 1 is 1.42 bits per heavy atom. The number of hydrogen-bond donors (Lipinski definition) is 1. The van der Waals surface area contributed by atoms with Gasteiger partial charge in [0.25, 0.3) is 0 Å². The summed E-state index contributed by atoms with van der Waals surface area (Å²) in [6.45, 7) is 9.31. The van der Waals surface area contributed by atoms with Crippen molar-refractivity contribution < 1.29 is 0 Å². The molecular formula is C14H21ClN4. The molecule has 0 unspecified atom stereocenters. The number of alkyl halides is 1. The van der Waals surface area contributed by atoms with Gasteiger partial charge in [0.1, 0.15) is 5.52 Å². The van der Waals surface area contributed by atoms with E-state index in [1.807, 2.05) is 10.7 Å². The van der Waals surface area contributed by atoms with Crippen molar-refractivity contribution in [1.29, 1.82) is 0 Å². The quantitative estimate of drug-likeness (QED) is 0.852. The molecule has 1 N–H and O–H groups in total. The van der Waals surface area contributed by atoms with Crippen LogP contribution in [0.4, 0.5) is 5.82 Å². The van der Waals surface area contributed by atoms with Crippen molar-refractivity contribution in [3.05, 3.63) is 24.2 Å². The summed E-state index contributed by atoms with van der Waals surface area (Å²) in [5.74, 6) is 1.88. The van der Waals surface area contributed by atoms with Crippen LogP contribution in [-0.4, -0.2) is 27.0 Å². The van der Waals surface area contributed by atoms with E-state index in [-0.39, 0.29) is 5.41 Å². The Hall–Kier alpha value is -1.29. The Labute approximate surface area is 119 Å². The number of rotatable bonds is 5. The number of anilines is 1. The van der Waals surface area contributed by atoms with Crippen LogP contribution in [-0.2, 0) is 0 Å². The molecule has 2 rings (SSSR count). The maximum absolute atomic E-state index is 5.95. The second kappa shape index (κ2) is 5.37. The largest absolute Gasteiger partial charge is 0.368 e. The van der Waals surface area contributed by atoms with E-state index in [2.05, 4.69) is 49.2 Å². The maximum Gasteiger partial charge on any atom is 0.152 e. The van der Waals surface area contributed by atoms with Gasteiger partial charge in [0.15, 0.2) is 5.82 Å². The van der Waals surface area contributed by atoms with Crippen LogP contribution in [0, 0.1) is 5.41 Å². The van der Waals surface area contributed by atoms with Gasteiger partial charge >= 0.3 is 0 Å². The first-order valence-corrected chi connectivity index (χ1v) is 7.10. The summed E-state index contributed by atoms with van der Waals surface area (Å²) in [5, 5.41) is 7.92. The summed E-state index contributed by atoms with van der Waals surface area (Å²) < 4.78 is 1.87. The molecule has 0 aromatic carbocycles. The average molecular weight is 281 g/mol. The predicted molar refractivity (Wildman–Crippen MR) is 80.1 cm³/mol. The van der Waals surface area contributed by atoms with Gasteiger partial charge in [-0.1, -0.05) is 27.7 Å². The van der Waals surface area contributed by atoms with E-state index in [0.717, 1.165) is 23.6 Å². The van der Waals surface area contributed by atoms with E-state index in [1.165, 1.54) is 0 Å². The topological polar surface area (TPSA) is 42.2 Å². The molecule has 0 saturated carbocycles. The normalized spacial score (nSPS) is 12.3. The van der Waals surface area contributed by atoms with Crippen LogP contribution >= 0.6 is 11.6 Å². The van der Waals surface area contributed by atoms with Crippen LogP contribution in [0.3, 0.4) is 0 Å². The molecule has 0 aliphatic carbocycles. The summed E-state index contributed by atoms with van der Waals surface area (Å²) in [6, 6.07) is 2.09. The van der Waals surface area contributed by atoms with Crippen molar-refractivity contribution >= 4 is 22.9 Å². The SMILES string of the molecule is CC(C)c1cc2c(NCC(C)(C)CCl)nccn2n1. The van der Waals surface area contributed by atoms with Gasteiger partial charge in [0, 0.05) is 24.8 Å². The molecule has 0 spiro atoms. The standard InChI is InChI=1S/C14H21ClN4/c1-10(2)11-7-12-13(16-5-6-19(12)18-11)17-9-14(3,4)8-15/h5-7,10H,8-9H2,1-4H3,(H,16,17). The maximum atomic E-state index is 5.95. The second-order valence-electron chi connectivity index (χ2n) is 5.98. The minimum absolute atomic E-state index is 0.0387. The highest BCUT2D eigenvalue weighted by atomic mass is 35.5. The van der Waals surface area contributed by atoms with Gasteiger partial charge < -0.3 is 5.32 Å². The lowest BCUT2D eigenvalue weighted by Gasteiger charge is -2.22. The van der Waals surface area contributed by atoms with Gasteiger partial charge in [-0.25, -0.2) is 9.50 Å². The lowest BCUT2D eigenvalue weighted by Crippen LogP contribution is -2.25. The molecular weight excluding hydrogens is 260 g/mol. The smallest absolute Gasteiger partial charge is 0.152 e. The monoisotopic (exact) mass is 280 g/mol. The molecule has 0 aliphatic heterocycles.